The van der Waals surface area contributed by atoms with Gasteiger partial charge < -0.3 is 20.4 Å². The zero-order valence-electron chi connectivity index (χ0n) is 20.2. The van der Waals surface area contributed by atoms with Crippen LogP contribution in [0, 0.1) is 0 Å². The van der Waals surface area contributed by atoms with Crippen molar-refractivity contribution < 1.29 is 9.59 Å². The van der Waals surface area contributed by atoms with Gasteiger partial charge in [0.15, 0.2) is 0 Å². The molecule has 9 nitrogen and oxygen atoms in total. The van der Waals surface area contributed by atoms with E-state index in [4.69, 9.17) is 0 Å². The summed E-state index contributed by atoms with van der Waals surface area (Å²) in [5.74, 6) is -0.0986. The first-order valence-corrected chi connectivity index (χ1v) is 12.1. The van der Waals surface area contributed by atoms with Gasteiger partial charge in [0.25, 0.3) is 5.91 Å². The third kappa shape index (κ3) is 5.36. The molecule has 3 N–H and O–H groups in total. The number of H-pyrrole nitrogens is 1. The number of likely N-dealkylation sites (N-methyl/N-ethyl adjacent to an activating group) is 1. The Morgan fingerprint density at radius 1 is 1.03 bits per heavy atom. The number of aryl methyl sites for hydroxylation is 1. The number of amides is 2. The number of rotatable bonds is 7. The molecule has 4 aromatic rings. The Morgan fingerprint density at radius 2 is 1.89 bits per heavy atom. The minimum Gasteiger partial charge on any atom is -0.354 e. The van der Waals surface area contributed by atoms with Crippen LogP contribution in [0.1, 0.15) is 22.3 Å². The van der Waals surface area contributed by atoms with E-state index < -0.39 is 0 Å². The van der Waals surface area contributed by atoms with E-state index in [1.165, 1.54) is 6.20 Å². The lowest BCUT2D eigenvalue weighted by molar-refractivity contribution is -0.132. The van der Waals surface area contributed by atoms with Gasteiger partial charge in [-0.15, -0.1) is 0 Å². The normalized spacial score (nSPS) is 14.1. The number of nitrogens with zero attached hydrogens (tertiary/aromatic N) is 4. The number of nitrogens with one attached hydrogen (secondary N) is 3. The van der Waals surface area contributed by atoms with Crippen molar-refractivity contribution in [2.45, 2.75) is 12.8 Å². The maximum absolute atomic E-state index is 12.9. The first-order chi connectivity index (χ1) is 17.6. The molecule has 0 radical (unpaired) electrons. The Labute approximate surface area is 209 Å². The lowest BCUT2D eigenvalue weighted by atomic mass is 10.0. The molecule has 3 heterocycles. The first kappa shape index (κ1) is 23.5. The number of carbonyl (C=O) groups is 2. The van der Waals surface area contributed by atoms with E-state index >= 15 is 0 Å². The fourth-order valence-electron chi connectivity index (χ4n) is 4.37. The summed E-state index contributed by atoms with van der Waals surface area (Å²) < 4.78 is 0. The maximum atomic E-state index is 12.9. The van der Waals surface area contributed by atoms with Crippen molar-refractivity contribution in [2.75, 3.05) is 43.9 Å². The average Bonchev–Trinajstić information content (AvgIpc) is 3.37. The van der Waals surface area contributed by atoms with Gasteiger partial charge in [-0.05, 0) is 55.4 Å². The van der Waals surface area contributed by atoms with Crippen molar-refractivity contribution in [3.8, 4) is 0 Å². The number of para-hydroxylation sites is 1. The minimum absolute atomic E-state index is 0.151. The molecule has 0 unspecified atom stereocenters. The Kier molecular flexibility index (Phi) is 6.90. The van der Waals surface area contributed by atoms with E-state index in [0.717, 1.165) is 54.0 Å². The van der Waals surface area contributed by atoms with Crippen LogP contribution in [0.4, 0.5) is 17.1 Å². The number of hydrogen-bond donors (Lipinski definition) is 3. The highest BCUT2D eigenvalue weighted by atomic mass is 16.2. The van der Waals surface area contributed by atoms with E-state index in [1.54, 1.807) is 24.5 Å². The molecule has 0 saturated carbocycles. The molecular weight excluding hydrogens is 454 g/mol. The number of aromatic amines is 1. The van der Waals surface area contributed by atoms with Crippen molar-refractivity contribution in [3.05, 3.63) is 78.2 Å². The Morgan fingerprint density at radius 3 is 2.69 bits per heavy atom. The molecule has 9 heteroatoms. The Balaban J connectivity index is 1.40. The Hall–Kier alpha value is -4.24. The van der Waals surface area contributed by atoms with Crippen molar-refractivity contribution in [2.24, 2.45) is 0 Å². The quantitative estimate of drug-likeness (QED) is 0.370. The monoisotopic (exact) mass is 483 g/mol. The summed E-state index contributed by atoms with van der Waals surface area (Å²) in [6, 6.07) is 15.1. The van der Waals surface area contributed by atoms with Gasteiger partial charge in [0.2, 0.25) is 5.91 Å². The molecule has 1 aliphatic rings. The molecule has 5 rings (SSSR count). The number of pyridine rings is 1. The van der Waals surface area contributed by atoms with Crippen molar-refractivity contribution in [1.29, 1.82) is 0 Å². The van der Waals surface area contributed by atoms with Crippen LogP contribution in [-0.4, -0.2) is 70.0 Å². The summed E-state index contributed by atoms with van der Waals surface area (Å²) in [6.45, 7) is 3.30. The zero-order valence-corrected chi connectivity index (χ0v) is 20.2. The van der Waals surface area contributed by atoms with Crippen LogP contribution in [0.15, 0.2) is 67.1 Å². The first-order valence-electron chi connectivity index (χ1n) is 12.1. The molecule has 2 aromatic heterocycles. The van der Waals surface area contributed by atoms with Crippen molar-refractivity contribution >= 4 is 39.8 Å². The maximum Gasteiger partial charge on any atom is 0.257 e. The number of fused-ring (bicyclic) bond motifs is 1. The van der Waals surface area contributed by atoms with Gasteiger partial charge in [-0.3, -0.25) is 19.7 Å². The second kappa shape index (κ2) is 10.6. The highest BCUT2D eigenvalue weighted by Crippen LogP contribution is 2.32. The van der Waals surface area contributed by atoms with Crippen LogP contribution >= 0.6 is 0 Å². The third-order valence-electron chi connectivity index (χ3n) is 6.50. The number of piperazine rings is 1. The topological polar surface area (TPSA) is 106 Å². The van der Waals surface area contributed by atoms with Crippen LogP contribution < -0.4 is 10.6 Å². The van der Waals surface area contributed by atoms with E-state index in [1.807, 2.05) is 41.3 Å². The molecule has 0 spiro atoms. The number of carbonyl (C=O) groups excluding carboxylic acids is 2. The average molecular weight is 484 g/mol. The van der Waals surface area contributed by atoms with Crippen molar-refractivity contribution in [1.82, 2.24) is 25.0 Å². The minimum atomic E-state index is -0.249. The zero-order chi connectivity index (χ0) is 24.9. The lowest BCUT2D eigenvalue weighted by Crippen LogP contribution is -2.47. The number of anilines is 3. The van der Waals surface area contributed by atoms with Gasteiger partial charge in [-0.25, -0.2) is 0 Å². The molecule has 36 heavy (non-hydrogen) atoms. The summed E-state index contributed by atoms with van der Waals surface area (Å²) >= 11 is 0. The molecule has 0 aliphatic carbocycles. The van der Waals surface area contributed by atoms with Crippen LogP contribution in [0.3, 0.4) is 0 Å². The van der Waals surface area contributed by atoms with Gasteiger partial charge in [0.05, 0.1) is 28.7 Å². The summed E-state index contributed by atoms with van der Waals surface area (Å²) in [5.41, 5.74) is 4.58. The number of benzene rings is 2. The highest BCUT2D eigenvalue weighted by Gasteiger charge is 2.20. The molecule has 0 atom stereocenters. The SMILES string of the molecule is CN1CCN(C(=O)CCc2cccc(NC(=O)c3cccnc3)c2Nc2ccc3cn[nH]c3c2)CC1. The van der Waals surface area contributed by atoms with Gasteiger partial charge in [0.1, 0.15) is 0 Å². The highest BCUT2D eigenvalue weighted by molar-refractivity contribution is 6.06. The van der Waals surface area contributed by atoms with Crippen LogP contribution in [0.5, 0.6) is 0 Å². The molecule has 184 valence electrons. The smallest absolute Gasteiger partial charge is 0.257 e. The second-order valence-electron chi connectivity index (χ2n) is 9.02. The molecular formula is C27H29N7O2. The van der Waals surface area contributed by atoms with Gasteiger partial charge in [-0.2, -0.15) is 5.10 Å². The number of aromatic nitrogens is 3. The summed E-state index contributed by atoms with van der Waals surface area (Å²) in [4.78, 5) is 34.0. The van der Waals surface area contributed by atoms with Gasteiger partial charge >= 0.3 is 0 Å². The van der Waals surface area contributed by atoms with E-state index in [9.17, 15) is 9.59 Å². The fraction of sp³-hybridized carbons (Fsp3) is 0.259. The van der Waals surface area contributed by atoms with Crippen LogP contribution in [-0.2, 0) is 11.2 Å². The van der Waals surface area contributed by atoms with Gasteiger partial charge in [-0.1, -0.05) is 12.1 Å². The number of hydrogen-bond acceptors (Lipinski definition) is 6. The molecule has 1 saturated heterocycles. The van der Waals surface area contributed by atoms with E-state index in [2.05, 4.69) is 37.8 Å². The summed E-state index contributed by atoms with van der Waals surface area (Å²) in [6.07, 6.45) is 5.89. The molecule has 1 aliphatic heterocycles. The summed E-state index contributed by atoms with van der Waals surface area (Å²) in [5, 5.41) is 14.6. The third-order valence-corrected chi connectivity index (χ3v) is 6.50. The largest absolute Gasteiger partial charge is 0.354 e. The summed E-state index contributed by atoms with van der Waals surface area (Å²) in [7, 11) is 2.08. The predicted octanol–water partition coefficient (Wildman–Crippen LogP) is 3.66. The second-order valence-corrected chi connectivity index (χ2v) is 9.02. The molecule has 0 bridgehead atoms. The van der Waals surface area contributed by atoms with Crippen LogP contribution in [0.2, 0.25) is 0 Å². The van der Waals surface area contributed by atoms with E-state index in [-0.39, 0.29) is 11.8 Å². The standard InChI is InChI=1S/C27H29N7O2/c1-33-12-14-34(15-13-33)25(35)10-8-19-4-2-6-23(31-27(36)21-5-3-11-28-17-21)26(19)30-22-9-7-20-18-29-32-24(20)16-22/h2-7,9,11,16-18,30H,8,10,12-15H2,1H3,(H,29,32)(H,31,36). The molecule has 2 amide bonds. The van der Waals surface area contributed by atoms with Gasteiger partial charge in [0, 0.05) is 56.1 Å². The molecule has 1 fully saturated rings. The van der Waals surface area contributed by atoms with Crippen LogP contribution in [0.25, 0.3) is 10.9 Å². The Bertz CT molecular complexity index is 1360. The fourth-order valence-corrected chi connectivity index (χ4v) is 4.37. The predicted molar refractivity (Wildman–Crippen MR) is 140 cm³/mol. The lowest BCUT2D eigenvalue weighted by Gasteiger charge is -2.32. The van der Waals surface area contributed by atoms with E-state index in [0.29, 0.717) is 24.1 Å². The van der Waals surface area contributed by atoms with Crippen molar-refractivity contribution in [3.63, 3.8) is 0 Å². The molecule has 2 aromatic carbocycles.